The predicted molar refractivity (Wildman–Crippen MR) is 90.5 cm³/mol. The normalized spacial score (nSPS) is 11.4. The number of alkyl halides is 2. The third-order valence-corrected chi connectivity index (χ3v) is 6.35. The third kappa shape index (κ3) is 3.78. The molecule has 0 bridgehead atoms. The number of hydrogen-bond acceptors (Lipinski definition) is 1. The summed E-state index contributed by atoms with van der Waals surface area (Å²) in [5.74, 6) is 0.144. The first-order valence-corrected chi connectivity index (χ1v) is 8.12. The molecule has 0 aromatic heterocycles. The number of ether oxygens (including phenoxy) is 1. The predicted octanol–water partition coefficient (Wildman–Crippen LogP) is 5.79. The summed E-state index contributed by atoms with van der Waals surface area (Å²) >= 11 is 7.51. The summed E-state index contributed by atoms with van der Waals surface area (Å²) in [7, 11) is 0. The highest BCUT2D eigenvalue weighted by molar-refractivity contribution is 14.1. The van der Waals surface area contributed by atoms with Crippen LogP contribution in [0.2, 0.25) is 0 Å². The molecule has 0 N–H and O–H groups in total. The minimum absolute atomic E-state index is 0.144. The summed E-state index contributed by atoms with van der Waals surface area (Å²) in [5, 5.41) is 0. The molecule has 100 valence electrons. The van der Waals surface area contributed by atoms with Gasteiger partial charge in [-0.1, -0.05) is 18.2 Å². The van der Waals surface area contributed by atoms with Gasteiger partial charge in [0.1, 0.15) is 5.75 Å². The van der Waals surface area contributed by atoms with Crippen LogP contribution in [-0.2, 0) is 6.11 Å². The van der Waals surface area contributed by atoms with E-state index in [1.165, 1.54) is 12.1 Å². The summed E-state index contributed by atoms with van der Waals surface area (Å²) in [6, 6.07) is 10.6. The van der Waals surface area contributed by atoms with Gasteiger partial charge in [-0.15, -0.1) is 0 Å². The monoisotopic (exact) mass is 550 g/mol. The van der Waals surface area contributed by atoms with Crippen LogP contribution in [0.1, 0.15) is 5.56 Å². The highest BCUT2D eigenvalue weighted by atomic mass is 127. The van der Waals surface area contributed by atoms with Crippen molar-refractivity contribution in [3.05, 3.63) is 59.6 Å². The van der Waals surface area contributed by atoms with Crippen LogP contribution in [0.15, 0.2) is 46.9 Å². The zero-order chi connectivity index (χ0) is 14.0. The van der Waals surface area contributed by atoms with E-state index >= 15 is 0 Å². The Balaban J connectivity index is 2.31. The second-order valence-electron chi connectivity index (χ2n) is 3.69. The van der Waals surface area contributed by atoms with Gasteiger partial charge in [-0.05, 0) is 85.4 Å². The molecule has 0 amide bonds. The van der Waals surface area contributed by atoms with E-state index in [0.29, 0.717) is 0 Å². The van der Waals surface area contributed by atoms with Crippen molar-refractivity contribution in [2.75, 3.05) is 0 Å². The van der Waals surface area contributed by atoms with E-state index in [0.717, 1.165) is 11.6 Å². The third-order valence-electron chi connectivity index (χ3n) is 2.31. The van der Waals surface area contributed by atoms with E-state index < -0.39 is 6.11 Å². The van der Waals surface area contributed by atoms with Crippen LogP contribution >= 0.6 is 61.1 Å². The molecule has 0 aliphatic carbocycles. The molecule has 0 aliphatic heterocycles. The minimum Gasteiger partial charge on any atom is -0.429 e. The largest absolute Gasteiger partial charge is 0.429 e. The Kier molecular flexibility index (Phi) is 5.04. The van der Waals surface area contributed by atoms with Crippen LogP contribution in [0.5, 0.6) is 5.75 Å². The molecule has 0 saturated carbocycles. The van der Waals surface area contributed by atoms with Gasteiger partial charge in [0.2, 0.25) is 0 Å². The van der Waals surface area contributed by atoms with Crippen LogP contribution in [0, 0.1) is 7.14 Å². The summed E-state index contributed by atoms with van der Waals surface area (Å²) < 4.78 is 35.3. The average Bonchev–Trinajstić information content (AvgIpc) is 2.36. The molecule has 0 radical (unpaired) electrons. The summed E-state index contributed by atoms with van der Waals surface area (Å²) in [4.78, 5) is 0. The van der Waals surface area contributed by atoms with E-state index in [-0.39, 0.29) is 11.3 Å². The molecular weight excluding hydrogens is 544 g/mol. The zero-order valence-electron chi connectivity index (χ0n) is 9.34. The Bertz CT molecular complexity index is 567. The van der Waals surface area contributed by atoms with Gasteiger partial charge in [-0.3, -0.25) is 0 Å². The molecule has 1 nitrogen and oxygen atoms in total. The van der Waals surface area contributed by atoms with E-state index in [4.69, 9.17) is 4.74 Å². The lowest BCUT2D eigenvalue weighted by Gasteiger charge is -2.19. The van der Waals surface area contributed by atoms with Crippen LogP contribution in [0.3, 0.4) is 0 Å². The topological polar surface area (TPSA) is 9.23 Å². The first-order valence-electron chi connectivity index (χ1n) is 5.17. The summed E-state index contributed by atoms with van der Waals surface area (Å²) in [5.41, 5.74) is -0.164. The Hall–Kier alpha value is 0.0400. The number of hydrogen-bond donors (Lipinski definition) is 0. The first-order chi connectivity index (χ1) is 8.90. The summed E-state index contributed by atoms with van der Waals surface area (Å²) in [6.07, 6.45) is -3.35. The van der Waals surface area contributed by atoms with Crippen LogP contribution in [0.25, 0.3) is 0 Å². The number of benzene rings is 2. The number of halogens is 5. The molecule has 0 aliphatic rings. The SMILES string of the molecule is FC(F)(Oc1cc(I)c(Br)c(I)c1)c1ccccc1. The molecule has 0 fully saturated rings. The maximum atomic E-state index is 14.0. The molecule has 2 aromatic carbocycles. The van der Waals surface area contributed by atoms with Crippen molar-refractivity contribution in [3.63, 3.8) is 0 Å². The molecule has 2 rings (SSSR count). The minimum atomic E-state index is -3.35. The van der Waals surface area contributed by atoms with Crippen LogP contribution in [0.4, 0.5) is 8.78 Å². The second kappa shape index (κ2) is 6.21. The van der Waals surface area contributed by atoms with Crippen molar-refractivity contribution in [1.82, 2.24) is 0 Å². The summed E-state index contributed by atoms with van der Waals surface area (Å²) in [6.45, 7) is 0. The van der Waals surface area contributed by atoms with Gasteiger partial charge in [0.25, 0.3) is 0 Å². The van der Waals surface area contributed by atoms with E-state index in [9.17, 15) is 8.78 Å². The molecule has 0 spiro atoms. The second-order valence-corrected chi connectivity index (χ2v) is 6.80. The molecular formula is C13H7BrF2I2O. The van der Waals surface area contributed by atoms with E-state index in [1.54, 1.807) is 30.3 Å². The van der Waals surface area contributed by atoms with E-state index in [1.807, 2.05) is 0 Å². The van der Waals surface area contributed by atoms with Crippen molar-refractivity contribution in [1.29, 1.82) is 0 Å². The Morgan fingerprint density at radius 3 is 2.05 bits per heavy atom. The van der Waals surface area contributed by atoms with Gasteiger partial charge in [0, 0.05) is 11.6 Å². The van der Waals surface area contributed by atoms with Crippen molar-refractivity contribution in [3.8, 4) is 5.75 Å². The molecule has 0 atom stereocenters. The zero-order valence-corrected chi connectivity index (χ0v) is 15.2. The Morgan fingerprint density at radius 1 is 1.00 bits per heavy atom. The molecule has 0 heterocycles. The number of rotatable bonds is 3. The molecule has 0 unspecified atom stereocenters. The molecule has 19 heavy (non-hydrogen) atoms. The lowest BCUT2D eigenvalue weighted by atomic mass is 10.2. The van der Waals surface area contributed by atoms with Gasteiger partial charge >= 0.3 is 6.11 Å². The van der Waals surface area contributed by atoms with Crippen LogP contribution in [-0.4, -0.2) is 0 Å². The smallest absolute Gasteiger partial charge is 0.426 e. The maximum Gasteiger partial charge on any atom is 0.426 e. The highest BCUT2D eigenvalue weighted by Gasteiger charge is 2.34. The fourth-order valence-electron chi connectivity index (χ4n) is 1.43. The fraction of sp³-hybridized carbons (Fsp3) is 0.0769. The standard InChI is InChI=1S/C13H7BrF2I2O/c14-12-10(17)6-9(7-11(12)18)19-13(15,16)8-4-2-1-3-5-8/h1-7H. The van der Waals surface area contributed by atoms with E-state index in [2.05, 4.69) is 61.1 Å². The van der Waals surface area contributed by atoms with Gasteiger partial charge in [-0.2, -0.15) is 8.78 Å². The van der Waals surface area contributed by atoms with Crippen molar-refractivity contribution in [2.24, 2.45) is 0 Å². The molecule has 6 heteroatoms. The molecule has 0 saturated heterocycles. The lowest BCUT2D eigenvalue weighted by molar-refractivity contribution is -0.185. The average molecular weight is 551 g/mol. The lowest BCUT2D eigenvalue weighted by Crippen LogP contribution is -2.21. The Labute approximate surface area is 145 Å². The van der Waals surface area contributed by atoms with Crippen molar-refractivity contribution < 1.29 is 13.5 Å². The van der Waals surface area contributed by atoms with Crippen molar-refractivity contribution in [2.45, 2.75) is 6.11 Å². The molecule has 2 aromatic rings. The quantitative estimate of drug-likeness (QED) is 0.347. The highest BCUT2D eigenvalue weighted by Crippen LogP contribution is 2.35. The van der Waals surface area contributed by atoms with Gasteiger partial charge in [0.05, 0.1) is 5.56 Å². The van der Waals surface area contributed by atoms with Gasteiger partial charge in [0.15, 0.2) is 0 Å². The first kappa shape index (κ1) is 15.4. The van der Waals surface area contributed by atoms with Gasteiger partial charge in [-0.25, -0.2) is 0 Å². The van der Waals surface area contributed by atoms with Gasteiger partial charge < -0.3 is 4.74 Å². The van der Waals surface area contributed by atoms with Crippen molar-refractivity contribution >= 4 is 61.1 Å². The Morgan fingerprint density at radius 2 is 1.53 bits per heavy atom. The fourth-order valence-corrected chi connectivity index (χ4v) is 3.37. The van der Waals surface area contributed by atoms with Crippen LogP contribution < -0.4 is 4.74 Å². The maximum absolute atomic E-state index is 14.0.